The number of benzene rings is 2. The van der Waals surface area contributed by atoms with Gasteiger partial charge in [-0.3, -0.25) is 4.18 Å². The van der Waals surface area contributed by atoms with E-state index in [9.17, 15) is 18.0 Å². The minimum Gasteiger partial charge on any atom is -0.467 e. The number of ether oxygens (including phenoxy) is 2. The molecule has 1 amide bonds. The van der Waals surface area contributed by atoms with Crippen LogP contribution in [0.5, 0.6) is 0 Å². The van der Waals surface area contributed by atoms with Crippen molar-refractivity contribution in [3.05, 3.63) is 66.2 Å². The van der Waals surface area contributed by atoms with Gasteiger partial charge in [0.25, 0.3) is 10.1 Å². The summed E-state index contributed by atoms with van der Waals surface area (Å²) in [5, 5.41) is 2.24. The molecular weight excluding hydrogens is 374 g/mol. The van der Waals surface area contributed by atoms with E-state index in [0.717, 1.165) is 12.7 Å². The molecule has 8 nitrogen and oxygen atoms in total. The molecule has 0 spiro atoms. The van der Waals surface area contributed by atoms with Crippen LogP contribution in [0.4, 0.5) is 4.79 Å². The maximum atomic E-state index is 12.1. The van der Waals surface area contributed by atoms with E-state index in [1.165, 1.54) is 24.3 Å². The normalized spacial score (nSPS) is 12.0. The lowest BCUT2D eigenvalue weighted by atomic mass is 10.2. The van der Waals surface area contributed by atoms with E-state index < -0.39 is 34.8 Å². The van der Waals surface area contributed by atoms with Gasteiger partial charge in [0.1, 0.15) is 6.61 Å². The van der Waals surface area contributed by atoms with Gasteiger partial charge in [-0.05, 0) is 17.7 Å². The highest BCUT2D eigenvalue weighted by Gasteiger charge is 2.26. The van der Waals surface area contributed by atoms with Gasteiger partial charge in [-0.1, -0.05) is 48.5 Å². The minimum absolute atomic E-state index is 0.0102. The topological polar surface area (TPSA) is 108 Å². The van der Waals surface area contributed by atoms with Crippen molar-refractivity contribution in [3.63, 3.8) is 0 Å². The van der Waals surface area contributed by atoms with Gasteiger partial charge < -0.3 is 14.8 Å². The summed E-state index contributed by atoms with van der Waals surface area (Å²) in [4.78, 5) is 23.6. The smallest absolute Gasteiger partial charge is 0.408 e. The summed E-state index contributed by atoms with van der Waals surface area (Å²) in [5.41, 5.74) is 0.755. The lowest BCUT2D eigenvalue weighted by molar-refractivity contribution is -0.143. The molecule has 1 atom stereocenters. The minimum atomic E-state index is -4.09. The second-order valence-corrected chi connectivity index (χ2v) is 6.95. The molecule has 0 saturated heterocycles. The molecule has 1 N–H and O–H groups in total. The Morgan fingerprint density at radius 1 is 1.00 bits per heavy atom. The number of hydrogen-bond acceptors (Lipinski definition) is 7. The van der Waals surface area contributed by atoms with Crippen LogP contribution in [0, 0.1) is 0 Å². The van der Waals surface area contributed by atoms with E-state index in [2.05, 4.69) is 10.1 Å². The molecule has 0 bridgehead atoms. The van der Waals surface area contributed by atoms with Crippen LogP contribution in [0.3, 0.4) is 0 Å². The molecule has 0 aromatic heterocycles. The zero-order valence-electron chi connectivity index (χ0n) is 14.5. The fraction of sp³-hybridized carbons (Fsp3) is 0.222. The van der Waals surface area contributed by atoms with Crippen molar-refractivity contribution in [3.8, 4) is 0 Å². The first-order valence-electron chi connectivity index (χ1n) is 7.92. The van der Waals surface area contributed by atoms with Crippen molar-refractivity contribution < 1.29 is 31.7 Å². The number of alkyl carbamates (subject to hydrolysis) is 1. The van der Waals surface area contributed by atoms with Crippen LogP contribution in [0.1, 0.15) is 5.56 Å². The Labute approximate surface area is 157 Å². The Morgan fingerprint density at radius 3 is 2.19 bits per heavy atom. The molecule has 0 saturated carbocycles. The molecule has 0 fully saturated rings. The highest BCUT2D eigenvalue weighted by molar-refractivity contribution is 7.86. The van der Waals surface area contributed by atoms with Gasteiger partial charge in [-0.15, -0.1) is 0 Å². The van der Waals surface area contributed by atoms with E-state index in [0.29, 0.717) is 0 Å². The van der Waals surface area contributed by atoms with Gasteiger partial charge in [0.15, 0.2) is 6.04 Å². The SMILES string of the molecule is COC(=O)[C@@H](COS(=O)(=O)c1ccccc1)NC(=O)OCc1ccccc1. The first kappa shape index (κ1) is 20.4. The fourth-order valence-electron chi connectivity index (χ4n) is 2.03. The first-order valence-corrected chi connectivity index (χ1v) is 9.32. The predicted molar refractivity (Wildman–Crippen MR) is 95.1 cm³/mol. The van der Waals surface area contributed by atoms with Crippen LogP contribution in [0.15, 0.2) is 65.6 Å². The third-order valence-electron chi connectivity index (χ3n) is 3.41. The molecule has 2 rings (SSSR count). The van der Waals surface area contributed by atoms with E-state index in [1.54, 1.807) is 30.3 Å². The molecule has 0 radical (unpaired) electrons. The second-order valence-electron chi connectivity index (χ2n) is 5.33. The van der Waals surface area contributed by atoms with Crippen molar-refractivity contribution in [2.75, 3.05) is 13.7 Å². The summed E-state index contributed by atoms with van der Waals surface area (Å²) < 4.78 is 38.7. The van der Waals surface area contributed by atoms with E-state index in [4.69, 9.17) is 8.92 Å². The van der Waals surface area contributed by atoms with Gasteiger partial charge >= 0.3 is 12.1 Å². The summed E-state index contributed by atoms with van der Waals surface area (Å²) in [7, 11) is -2.98. The third-order valence-corrected chi connectivity index (χ3v) is 4.71. The summed E-state index contributed by atoms with van der Waals surface area (Å²) in [6.45, 7) is -0.645. The van der Waals surface area contributed by atoms with Crippen molar-refractivity contribution in [1.82, 2.24) is 5.32 Å². The molecule has 0 heterocycles. The molecule has 0 unspecified atom stereocenters. The number of carbonyl (C=O) groups is 2. The maximum absolute atomic E-state index is 12.1. The number of esters is 1. The Bertz CT molecular complexity index is 854. The molecule has 2 aromatic rings. The fourth-order valence-corrected chi connectivity index (χ4v) is 2.97. The second kappa shape index (κ2) is 9.70. The Morgan fingerprint density at radius 2 is 1.59 bits per heavy atom. The number of rotatable bonds is 8. The Hall–Kier alpha value is -2.91. The van der Waals surface area contributed by atoms with Crippen LogP contribution >= 0.6 is 0 Å². The van der Waals surface area contributed by atoms with Crippen LogP contribution < -0.4 is 5.32 Å². The quantitative estimate of drug-likeness (QED) is 0.539. The largest absolute Gasteiger partial charge is 0.467 e. The number of amides is 1. The highest BCUT2D eigenvalue weighted by Crippen LogP contribution is 2.12. The molecule has 0 aliphatic heterocycles. The van der Waals surface area contributed by atoms with Crippen LogP contribution in [0.25, 0.3) is 0 Å². The Balaban J connectivity index is 1.94. The summed E-state index contributed by atoms with van der Waals surface area (Å²) >= 11 is 0. The molecule has 27 heavy (non-hydrogen) atoms. The van der Waals surface area contributed by atoms with Crippen molar-refractivity contribution in [1.29, 1.82) is 0 Å². The maximum Gasteiger partial charge on any atom is 0.408 e. The number of hydrogen-bond donors (Lipinski definition) is 1. The van der Waals surface area contributed by atoms with Gasteiger partial charge in [-0.2, -0.15) is 8.42 Å². The van der Waals surface area contributed by atoms with Crippen LogP contribution in [-0.4, -0.2) is 40.2 Å². The molecule has 0 aliphatic carbocycles. The average molecular weight is 393 g/mol. The van der Waals surface area contributed by atoms with Crippen molar-refractivity contribution in [2.24, 2.45) is 0 Å². The molecule has 0 aliphatic rings. The van der Waals surface area contributed by atoms with E-state index in [1.807, 2.05) is 6.07 Å². The van der Waals surface area contributed by atoms with Crippen LogP contribution in [-0.2, 0) is 35.2 Å². The summed E-state index contributed by atoms with van der Waals surface area (Å²) in [6.07, 6.45) is -0.907. The third kappa shape index (κ3) is 6.39. The zero-order valence-corrected chi connectivity index (χ0v) is 15.3. The number of carbonyl (C=O) groups excluding carboxylic acids is 2. The molecule has 144 valence electrons. The number of nitrogens with one attached hydrogen (secondary N) is 1. The standard InChI is InChI=1S/C18H19NO7S/c1-24-17(20)16(13-26-27(22,23)15-10-6-3-7-11-15)19-18(21)25-12-14-8-4-2-5-9-14/h2-11,16H,12-13H2,1H3,(H,19,21)/t16-/m1/s1. The van der Waals surface area contributed by atoms with E-state index >= 15 is 0 Å². The average Bonchev–Trinajstić information content (AvgIpc) is 2.70. The summed E-state index contributed by atoms with van der Waals surface area (Å²) in [6, 6.07) is 15.0. The molecular formula is C18H19NO7S. The lowest BCUT2D eigenvalue weighted by Crippen LogP contribution is -2.45. The monoisotopic (exact) mass is 393 g/mol. The zero-order chi connectivity index (χ0) is 19.7. The Kier molecular flexibility index (Phi) is 7.33. The highest BCUT2D eigenvalue weighted by atomic mass is 32.2. The predicted octanol–water partition coefficient (Wildman–Crippen LogP) is 1.86. The van der Waals surface area contributed by atoms with Gasteiger partial charge in [-0.25, -0.2) is 9.59 Å². The van der Waals surface area contributed by atoms with Crippen molar-refractivity contribution in [2.45, 2.75) is 17.5 Å². The van der Waals surface area contributed by atoms with Gasteiger partial charge in [0.2, 0.25) is 0 Å². The van der Waals surface area contributed by atoms with Crippen LogP contribution in [0.2, 0.25) is 0 Å². The van der Waals surface area contributed by atoms with Gasteiger partial charge in [0.05, 0.1) is 18.6 Å². The van der Waals surface area contributed by atoms with Gasteiger partial charge in [0, 0.05) is 0 Å². The summed E-state index contributed by atoms with van der Waals surface area (Å²) in [5.74, 6) is -0.866. The van der Waals surface area contributed by atoms with Crippen molar-refractivity contribution >= 4 is 22.2 Å². The lowest BCUT2D eigenvalue weighted by Gasteiger charge is -2.16. The van der Waals surface area contributed by atoms with E-state index in [-0.39, 0.29) is 11.5 Å². The first-order chi connectivity index (χ1) is 12.9. The number of methoxy groups -OCH3 is 1. The molecule has 2 aromatic carbocycles. The molecule has 9 heteroatoms.